The summed E-state index contributed by atoms with van der Waals surface area (Å²) in [7, 11) is 0. The molecule has 0 aromatic rings. The van der Waals surface area contributed by atoms with Crippen LogP contribution in [0.3, 0.4) is 0 Å². The molecule has 2 amide bonds. The predicted molar refractivity (Wildman–Crippen MR) is 93.0 cm³/mol. The minimum atomic E-state index is 0.0153. The van der Waals surface area contributed by atoms with E-state index in [0.717, 1.165) is 24.7 Å². The molecule has 0 aromatic heterocycles. The third-order valence-electron chi connectivity index (χ3n) is 5.52. The molecule has 4 nitrogen and oxygen atoms in total. The van der Waals surface area contributed by atoms with Crippen LogP contribution in [0.15, 0.2) is 0 Å². The van der Waals surface area contributed by atoms with Gasteiger partial charge in [0.05, 0.1) is 0 Å². The number of hydrogen-bond acceptors (Lipinski definition) is 2. The minimum Gasteiger partial charge on any atom is -0.354 e. The maximum atomic E-state index is 11.9. The van der Waals surface area contributed by atoms with Crippen LogP contribution in [0.5, 0.6) is 0 Å². The van der Waals surface area contributed by atoms with Crippen LogP contribution in [0.25, 0.3) is 0 Å². The summed E-state index contributed by atoms with van der Waals surface area (Å²) in [6.45, 7) is 2.50. The molecule has 0 radical (unpaired) electrons. The molecule has 2 rings (SSSR count). The summed E-state index contributed by atoms with van der Waals surface area (Å²) < 4.78 is 0. The fourth-order valence-corrected chi connectivity index (χ4v) is 4.02. The van der Waals surface area contributed by atoms with Crippen LogP contribution in [0.1, 0.15) is 84.0 Å². The Morgan fingerprint density at radius 3 is 1.87 bits per heavy atom. The molecular formula is C19H34N2O2. The molecule has 23 heavy (non-hydrogen) atoms. The summed E-state index contributed by atoms with van der Waals surface area (Å²) in [5.41, 5.74) is 0. The first kappa shape index (κ1) is 18.3. The van der Waals surface area contributed by atoms with Gasteiger partial charge in [0.25, 0.3) is 0 Å². The molecule has 0 aromatic carbocycles. The molecule has 1 atom stereocenters. The van der Waals surface area contributed by atoms with E-state index in [1.165, 1.54) is 51.4 Å². The number of hydrogen-bond donors (Lipinski definition) is 2. The molecule has 2 fully saturated rings. The number of rotatable bonds is 9. The van der Waals surface area contributed by atoms with Crippen molar-refractivity contribution in [3.63, 3.8) is 0 Å². The Bertz CT molecular complexity index is 372. The first-order valence-electron chi connectivity index (χ1n) is 9.69. The first-order valence-corrected chi connectivity index (χ1v) is 9.69. The number of nitrogens with one attached hydrogen (secondary N) is 2. The predicted octanol–water partition coefficient (Wildman–Crippen LogP) is 3.55. The molecule has 0 aliphatic heterocycles. The van der Waals surface area contributed by atoms with Crippen molar-refractivity contribution in [3.8, 4) is 0 Å². The Morgan fingerprint density at radius 1 is 0.870 bits per heavy atom. The standard InChI is InChI=1S/C19H34N2O2/c1-15(21-19(23)13-11-17-8-4-5-9-17)14-20-18(22)12-10-16-6-2-3-7-16/h15-17H,2-14H2,1H3,(H,20,22)(H,21,23). The minimum absolute atomic E-state index is 0.0153. The van der Waals surface area contributed by atoms with Crippen molar-refractivity contribution in [1.29, 1.82) is 0 Å². The average molecular weight is 322 g/mol. The fraction of sp³-hybridized carbons (Fsp3) is 0.895. The lowest BCUT2D eigenvalue weighted by atomic mass is 10.0. The van der Waals surface area contributed by atoms with Crippen molar-refractivity contribution in [2.45, 2.75) is 90.0 Å². The molecule has 0 heterocycles. The summed E-state index contributed by atoms with van der Waals surface area (Å²) in [4.78, 5) is 23.8. The van der Waals surface area contributed by atoms with Crippen molar-refractivity contribution < 1.29 is 9.59 Å². The summed E-state index contributed by atoms with van der Waals surface area (Å²) in [5, 5.41) is 5.96. The average Bonchev–Trinajstić information content (AvgIpc) is 3.22. The second kappa shape index (κ2) is 9.94. The second-order valence-electron chi connectivity index (χ2n) is 7.65. The van der Waals surface area contributed by atoms with E-state index in [0.29, 0.717) is 19.4 Å². The van der Waals surface area contributed by atoms with Gasteiger partial charge in [0.15, 0.2) is 0 Å². The summed E-state index contributed by atoms with van der Waals surface area (Å²) in [6, 6.07) is 0.0153. The van der Waals surface area contributed by atoms with Crippen LogP contribution in [-0.2, 0) is 9.59 Å². The van der Waals surface area contributed by atoms with Crippen molar-refractivity contribution in [2.75, 3.05) is 6.54 Å². The molecular weight excluding hydrogens is 288 g/mol. The van der Waals surface area contributed by atoms with Crippen molar-refractivity contribution in [2.24, 2.45) is 11.8 Å². The van der Waals surface area contributed by atoms with E-state index in [1.54, 1.807) is 0 Å². The quantitative estimate of drug-likeness (QED) is 0.682. The highest BCUT2D eigenvalue weighted by Gasteiger charge is 2.18. The Morgan fingerprint density at radius 2 is 1.35 bits per heavy atom. The highest BCUT2D eigenvalue weighted by molar-refractivity contribution is 5.77. The molecule has 0 spiro atoms. The summed E-state index contributed by atoms with van der Waals surface area (Å²) >= 11 is 0. The van der Waals surface area contributed by atoms with Gasteiger partial charge in [-0.15, -0.1) is 0 Å². The van der Waals surface area contributed by atoms with Crippen LogP contribution >= 0.6 is 0 Å². The van der Waals surface area contributed by atoms with Crippen molar-refractivity contribution >= 4 is 11.8 Å². The van der Waals surface area contributed by atoms with Gasteiger partial charge in [0.1, 0.15) is 0 Å². The maximum absolute atomic E-state index is 11.9. The molecule has 2 N–H and O–H groups in total. The summed E-state index contributed by atoms with van der Waals surface area (Å²) in [6.07, 6.45) is 13.8. The van der Waals surface area contributed by atoms with Gasteiger partial charge in [-0.3, -0.25) is 9.59 Å². The molecule has 1 unspecified atom stereocenters. The van der Waals surface area contributed by atoms with Crippen molar-refractivity contribution in [3.05, 3.63) is 0 Å². The van der Waals surface area contributed by atoms with Gasteiger partial charge < -0.3 is 10.6 Å². The molecule has 0 saturated heterocycles. The van der Waals surface area contributed by atoms with Gasteiger partial charge in [-0.2, -0.15) is 0 Å². The SMILES string of the molecule is CC(CNC(=O)CCC1CCCC1)NC(=O)CCC1CCCC1. The lowest BCUT2D eigenvalue weighted by Crippen LogP contribution is -2.41. The van der Waals surface area contributed by atoms with E-state index in [2.05, 4.69) is 10.6 Å². The largest absolute Gasteiger partial charge is 0.354 e. The molecule has 2 saturated carbocycles. The highest BCUT2D eigenvalue weighted by atomic mass is 16.2. The van der Waals surface area contributed by atoms with Gasteiger partial charge in [-0.05, 0) is 31.6 Å². The molecule has 132 valence electrons. The van der Waals surface area contributed by atoms with Gasteiger partial charge in [-0.1, -0.05) is 51.4 Å². The van der Waals surface area contributed by atoms with Gasteiger partial charge in [0, 0.05) is 25.4 Å². The maximum Gasteiger partial charge on any atom is 0.220 e. The van der Waals surface area contributed by atoms with Crippen LogP contribution in [-0.4, -0.2) is 24.4 Å². The Labute approximate surface area is 141 Å². The topological polar surface area (TPSA) is 58.2 Å². The smallest absolute Gasteiger partial charge is 0.220 e. The summed E-state index contributed by atoms with van der Waals surface area (Å²) in [5.74, 6) is 1.77. The third kappa shape index (κ3) is 7.36. The fourth-order valence-electron chi connectivity index (χ4n) is 4.02. The molecule has 0 bridgehead atoms. The Balaban J connectivity index is 1.50. The van der Waals surface area contributed by atoms with E-state index in [-0.39, 0.29) is 17.9 Å². The van der Waals surface area contributed by atoms with Crippen LogP contribution < -0.4 is 10.6 Å². The molecule has 2 aliphatic rings. The van der Waals surface area contributed by atoms with Crippen molar-refractivity contribution in [1.82, 2.24) is 10.6 Å². The zero-order valence-corrected chi connectivity index (χ0v) is 14.7. The monoisotopic (exact) mass is 322 g/mol. The lowest BCUT2D eigenvalue weighted by molar-refractivity contribution is -0.123. The number of amides is 2. The number of carbonyl (C=O) groups excluding carboxylic acids is 2. The third-order valence-corrected chi connectivity index (χ3v) is 5.52. The van der Waals surface area contributed by atoms with E-state index in [9.17, 15) is 9.59 Å². The zero-order valence-electron chi connectivity index (χ0n) is 14.7. The van der Waals surface area contributed by atoms with Gasteiger partial charge in [0.2, 0.25) is 11.8 Å². The van der Waals surface area contributed by atoms with E-state index >= 15 is 0 Å². The van der Waals surface area contributed by atoms with Gasteiger partial charge in [-0.25, -0.2) is 0 Å². The van der Waals surface area contributed by atoms with Crippen LogP contribution in [0, 0.1) is 11.8 Å². The number of carbonyl (C=O) groups is 2. The van der Waals surface area contributed by atoms with E-state index in [4.69, 9.17) is 0 Å². The van der Waals surface area contributed by atoms with E-state index < -0.39 is 0 Å². The zero-order chi connectivity index (χ0) is 16.5. The lowest BCUT2D eigenvalue weighted by Gasteiger charge is -2.16. The normalized spacial score (nSPS) is 20.6. The van der Waals surface area contributed by atoms with Crippen LogP contribution in [0.2, 0.25) is 0 Å². The van der Waals surface area contributed by atoms with Gasteiger partial charge >= 0.3 is 0 Å². The highest BCUT2D eigenvalue weighted by Crippen LogP contribution is 2.29. The Hall–Kier alpha value is -1.06. The Kier molecular flexibility index (Phi) is 7.90. The van der Waals surface area contributed by atoms with Crippen LogP contribution in [0.4, 0.5) is 0 Å². The second-order valence-corrected chi connectivity index (χ2v) is 7.65. The molecule has 4 heteroatoms. The van der Waals surface area contributed by atoms with E-state index in [1.807, 2.05) is 6.92 Å². The molecule has 2 aliphatic carbocycles. The first-order chi connectivity index (χ1) is 11.1.